The molecule has 7 nitrogen and oxygen atoms in total. The molecule has 1 amide bonds. The lowest BCUT2D eigenvalue weighted by molar-refractivity contribution is 0.102. The summed E-state index contributed by atoms with van der Waals surface area (Å²) in [5.74, 6) is 0.0915. The summed E-state index contributed by atoms with van der Waals surface area (Å²) in [6.45, 7) is 0.705. The number of nitrogens with zero attached hydrogens (tertiary/aromatic N) is 3. The van der Waals surface area contributed by atoms with Crippen molar-refractivity contribution in [3.63, 3.8) is 0 Å². The number of carbonyl (C=O) groups is 1. The highest BCUT2D eigenvalue weighted by Crippen LogP contribution is 2.35. The topological polar surface area (TPSA) is 103 Å². The molecule has 2 aliphatic heterocycles. The zero-order valence-electron chi connectivity index (χ0n) is 15.4. The van der Waals surface area contributed by atoms with E-state index in [1.165, 1.54) is 18.2 Å². The van der Waals surface area contributed by atoms with Crippen LogP contribution >= 0.6 is 11.6 Å². The summed E-state index contributed by atoms with van der Waals surface area (Å²) in [7, 11) is -3.86. The molecule has 2 aromatic carbocycles. The minimum Gasteiger partial charge on any atom is -0.328 e. The fourth-order valence-corrected chi connectivity index (χ4v) is 5.01. The van der Waals surface area contributed by atoms with E-state index in [4.69, 9.17) is 16.9 Å². The fourth-order valence-electron chi connectivity index (χ4n) is 3.51. The fraction of sp³-hybridized carbons (Fsp3) is 0.250. The Labute approximate surface area is 173 Å². The molecule has 148 valence electrons. The van der Waals surface area contributed by atoms with Crippen LogP contribution in [-0.4, -0.2) is 26.7 Å². The third kappa shape index (κ3) is 3.71. The Morgan fingerprint density at radius 1 is 1.17 bits per heavy atom. The van der Waals surface area contributed by atoms with Crippen LogP contribution in [0.3, 0.4) is 0 Å². The minimum atomic E-state index is -3.86. The molecule has 0 unspecified atom stereocenters. The van der Waals surface area contributed by atoms with Crippen LogP contribution in [0.2, 0.25) is 5.02 Å². The van der Waals surface area contributed by atoms with Gasteiger partial charge in [0, 0.05) is 24.2 Å². The van der Waals surface area contributed by atoms with E-state index in [-0.39, 0.29) is 15.5 Å². The Kier molecular flexibility index (Phi) is 5.03. The van der Waals surface area contributed by atoms with Crippen LogP contribution in [0.25, 0.3) is 0 Å². The quantitative estimate of drug-likeness (QED) is 0.780. The Bertz CT molecular complexity index is 1180. The van der Waals surface area contributed by atoms with Gasteiger partial charge in [0.1, 0.15) is 16.8 Å². The highest BCUT2D eigenvalue weighted by Gasteiger charge is 2.32. The monoisotopic (exact) mass is 428 g/mol. The molecule has 0 saturated carbocycles. The number of nitrogens with one attached hydrogen (secondary N) is 1. The molecule has 0 aromatic heterocycles. The highest BCUT2D eigenvalue weighted by atomic mass is 35.5. The first kappa shape index (κ1) is 19.4. The number of hydrogen-bond acceptors (Lipinski definition) is 5. The van der Waals surface area contributed by atoms with Gasteiger partial charge >= 0.3 is 0 Å². The molecule has 1 fully saturated rings. The van der Waals surface area contributed by atoms with Gasteiger partial charge in [0.2, 0.25) is 0 Å². The van der Waals surface area contributed by atoms with Crippen LogP contribution < -0.4 is 10.2 Å². The lowest BCUT2D eigenvalue weighted by Gasteiger charge is -2.29. The van der Waals surface area contributed by atoms with Gasteiger partial charge in [-0.3, -0.25) is 4.79 Å². The van der Waals surface area contributed by atoms with Crippen molar-refractivity contribution in [2.24, 2.45) is 4.40 Å². The Morgan fingerprint density at radius 3 is 2.76 bits per heavy atom. The highest BCUT2D eigenvalue weighted by molar-refractivity contribution is 7.90. The van der Waals surface area contributed by atoms with Crippen LogP contribution in [0.1, 0.15) is 41.6 Å². The van der Waals surface area contributed by atoms with Crippen molar-refractivity contribution in [1.82, 2.24) is 0 Å². The second-order valence-electron chi connectivity index (χ2n) is 6.89. The third-order valence-corrected chi connectivity index (χ3v) is 6.60. The van der Waals surface area contributed by atoms with E-state index in [0.717, 1.165) is 19.3 Å². The first-order valence-corrected chi connectivity index (χ1v) is 11.0. The normalized spacial score (nSPS) is 17.2. The second kappa shape index (κ2) is 7.50. The molecule has 1 saturated heterocycles. The first-order valence-electron chi connectivity index (χ1n) is 9.15. The summed E-state index contributed by atoms with van der Waals surface area (Å²) in [4.78, 5) is 14.6. The molecule has 0 bridgehead atoms. The molecule has 9 heteroatoms. The van der Waals surface area contributed by atoms with E-state index in [1.54, 1.807) is 18.2 Å². The lowest BCUT2D eigenvalue weighted by Crippen LogP contribution is -2.35. The number of amidine groups is 1. The maximum atomic E-state index is 12.7. The average molecular weight is 429 g/mol. The van der Waals surface area contributed by atoms with Gasteiger partial charge in [-0.15, -0.1) is 4.40 Å². The molecular weight excluding hydrogens is 412 g/mol. The number of carbonyl (C=O) groups excluding carboxylic acids is 1. The maximum Gasteiger partial charge on any atom is 0.286 e. The Morgan fingerprint density at radius 2 is 2.00 bits per heavy atom. The van der Waals surface area contributed by atoms with Gasteiger partial charge in [-0.05, 0) is 49.2 Å². The number of nitriles is 1. The van der Waals surface area contributed by atoms with Gasteiger partial charge in [0.25, 0.3) is 15.9 Å². The molecule has 0 atom stereocenters. The van der Waals surface area contributed by atoms with Crippen molar-refractivity contribution in [1.29, 1.82) is 5.26 Å². The van der Waals surface area contributed by atoms with Gasteiger partial charge in [-0.1, -0.05) is 18.0 Å². The van der Waals surface area contributed by atoms with Crippen molar-refractivity contribution >= 4 is 44.7 Å². The van der Waals surface area contributed by atoms with Crippen LogP contribution in [0.5, 0.6) is 0 Å². The van der Waals surface area contributed by atoms with Gasteiger partial charge in [0.05, 0.1) is 16.3 Å². The van der Waals surface area contributed by atoms with Crippen molar-refractivity contribution < 1.29 is 13.2 Å². The van der Waals surface area contributed by atoms with Crippen LogP contribution in [0, 0.1) is 11.3 Å². The summed E-state index contributed by atoms with van der Waals surface area (Å²) in [5, 5.41) is 11.8. The van der Waals surface area contributed by atoms with Crippen LogP contribution in [0.4, 0.5) is 11.4 Å². The van der Waals surface area contributed by atoms with Crippen LogP contribution in [0.15, 0.2) is 45.7 Å². The minimum absolute atomic E-state index is 0.0358. The second-order valence-corrected chi connectivity index (χ2v) is 8.87. The van der Waals surface area contributed by atoms with Crippen molar-refractivity contribution in [2.45, 2.75) is 30.6 Å². The zero-order valence-corrected chi connectivity index (χ0v) is 16.9. The molecule has 0 radical (unpaired) electrons. The van der Waals surface area contributed by atoms with Crippen molar-refractivity contribution in [2.75, 3.05) is 16.8 Å². The molecule has 4 rings (SSSR count). The standard InChI is InChI=1S/C20H17ClN4O3S/c21-16-11-15(7-5-14(16)12-22)23-20(26)13-6-8-17-18(10-13)29(27,28)24-19-4-2-1-3-9-25(17)19/h5-8,10-11H,1-4,9H2,(H,23,26). The number of hydrogen-bond donors (Lipinski definition) is 1. The van der Waals surface area contributed by atoms with E-state index in [2.05, 4.69) is 9.71 Å². The molecule has 2 aromatic rings. The van der Waals surface area contributed by atoms with E-state index >= 15 is 0 Å². The van der Waals surface area contributed by atoms with Crippen molar-refractivity contribution in [3.8, 4) is 6.07 Å². The largest absolute Gasteiger partial charge is 0.328 e. The van der Waals surface area contributed by atoms with Crippen molar-refractivity contribution in [3.05, 3.63) is 52.5 Å². The van der Waals surface area contributed by atoms with Gasteiger partial charge < -0.3 is 10.2 Å². The van der Waals surface area contributed by atoms with Gasteiger partial charge in [-0.2, -0.15) is 13.7 Å². The van der Waals surface area contributed by atoms with Gasteiger partial charge in [-0.25, -0.2) is 0 Å². The number of fused-ring (bicyclic) bond motifs is 3. The van der Waals surface area contributed by atoms with E-state index in [9.17, 15) is 13.2 Å². The molecule has 0 aliphatic carbocycles. The summed E-state index contributed by atoms with van der Waals surface area (Å²) >= 11 is 6.00. The number of amides is 1. The summed E-state index contributed by atoms with van der Waals surface area (Å²) in [5.41, 5.74) is 1.47. The molecule has 0 spiro atoms. The first-order chi connectivity index (χ1) is 13.9. The van der Waals surface area contributed by atoms with E-state index in [1.807, 2.05) is 11.0 Å². The van der Waals surface area contributed by atoms with Crippen LogP contribution in [-0.2, 0) is 10.0 Å². The van der Waals surface area contributed by atoms with Gasteiger partial charge in [0.15, 0.2) is 0 Å². The van der Waals surface area contributed by atoms with E-state index in [0.29, 0.717) is 35.7 Å². The predicted octanol–water partition coefficient (Wildman–Crippen LogP) is 3.95. The zero-order chi connectivity index (χ0) is 20.6. The van der Waals surface area contributed by atoms with E-state index < -0.39 is 15.9 Å². The summed E-state index contributed by atoms with van der Waals surface area (Å²) < 4.78 is 29.4. The molecule has 2 aliphatic rings. The molecule has 2 heterocycles. The molecule has 1 N–H and O–H groups in total. The number of sulfonamides is 1. The maximum absolute atomic E-state index is 12.7. The number of anilines is 2. The predicted molar refractivity (Wildman–Crippen MR) is 111 cm³/mol. The molecule has 29 heavy (non-hydrogen) atoms. The number of halogens is 1. The summed E-state index contributed by atoms with van der Waals surface area (Å²) in [6.07, 6.45) is 3.52. The average Bonchev–Trinajstić information content (AvgIpc) is 2.92. The Balaban J connectivity index is 1.66. The summed E-state index contributed by atoms with van der Waals surface area (Å²) in [6, 6.07) is 11.1. The smallest absolute Gasteiger partial charge is 0.286 e. The molecular formula is C20H17ClN4O3S. The number of rotatable bonds is 2. The Hall–Kier alpha value is -2.89. The SMILES string of the molecule is N#Cc1ccc(NC(=O)c2ccc3c(c2)S(=O)(=O)N=C2CCCCCN23)cc1Cl. The third-order valence-electron chi connectivity index (χ3n) is 4.96. The lowest BCUT2D eigenvalue weighted by atomic mass is 10.1. The number of benzene rings is 2.